The molecule has 1 saturated heterocycles. The minimum Gasteiger partial charge on any atom is -0.326 e. The van der Waals surface area contributed by atoms with E-state index in [9.17, 15) is 9.59 Å². The van der Waals surface area contributed by atoms with Crippen LogP contribution in [0.3, 0.4) is 0 Å². The zero-order valence-electron chi connectivity index (χ0n) is 18.2. The predicted octanol–water partition coefficient (Wildman–Crippen LogP) is 3.68. The minimum atomic E-state index is -0.216. The van der Waals surface area contributed by atoms with Gasteiger partial charge >= 0.3 is 6.03 Å². The number of anilines is 1. The molecule has 1 aromatic carbocycles. The lowest BCUT2D eigenvalue weighted by Crippen LogP contribution is -2.36. The molecular weight excluding hydrogens is 432 g/mol. The molecule has 0 atom stereocenters. The number of hydrogen-bond donors (Lipinski definition) is 2. The Hall–Kier alpha value is -2.69. The lowest BCUT2D eigenvalue weighted by molar-refractivity contribution is -0.115. The Labute approximate surface area is 190 Å². The van der Waals surface area contributed by atoms with E-state index in [0.717, 1.165) is 22.7 Å². The maximum Gasteiger partial charge on any atom is 0.323 e. The van der Waals surface area contributed by atoms with Crippen molar-refractivity contribution in [3.63, 3.8) is 0 Å². The second kappa shape index (κ2) is 10.1. The third kappa shape index (κ3) is 6.39. The highest BCUT2D eigenvalue weighted by Gasteiger charge is 2.24. The van der Waals surface area contributed by atoms with Gasteiger partial charge < -0.3 is 15.1 Å². The smallest absolute Gasteiger partial charge is 0.323 e. The zero-order valence-corrected chi connectivity index (χ0v) is 19.9. The van der Waals surface area contributed by atoms with Gasteiger partial charge in [-0.2, -0.15) is 0 Å². The van der Waals surface area contributed by atoms with Gasteiger partial charge in [0.2, 0.25) is 0 Å². The van der Waals surface area contributed by atoms with Crippen LogP contribution in [0.2, 0.25) is 0 Å². The van der Waals surface area contributed by atoms with Crippen LogP contribution < -0.4 is 10.6 Å². The Morgan fingerprint density at radius 3 is 2.74 bits per heavy atom. The van der Waals surface area contributed by atoms with E-state index < -0.39 is 0 Å². The highest BCUT2D eigenvalue weighted by Crippen LogP contribution is 2.31. The summed E-state index contributed by atoms with van der Waals surface area (Å²) < 4.78 is 0. The first-order chi connectivity index (χ1) is 14.7. The molecule has 10 heteroatoms. The Kier molecular flexibility index (Phi) is 7.47. The third-order valence-electron chi connectivity index (χ3n) is 4.47. The van der Waals surface area contributed by atoms with Gasteiger partial charge in [-0.3, -0.25) is 10.1 Å². The fourth-order valence-electron chi connectivity index (χ4n) is 2.70. The lowest BCUT2D eigenvalue weighted by atomic mass is 10.1. The van der Waals surface area contributed by atoms with Gasteiger partial charge in [0.25, 0.3) is 5.91 Å². The average Bonchev–Trinajstić information content (AvgIpc) is 3.28. The molecule has 2 aromatic rings. The summed E-state index contributed by atoms with van der Waals surface area (Å²) in [5.41, 5.74) is 3.05. The SMILES string of the molecule is Cc1ccc(N=C2NC(=O)C(=Cc3cnc(NC(=O)N(C)CCN(C)C)s3)S2)c(C)c1. The normalized spacial score (nSPS) is 16.3. The van der Waals surface area contributed by atoms with E-state index in [0.29, 0.717) is 21.7 Å². The topological polar surface area (TPSA) is 89.9 Å². The van der Waals surface area contributed by atoms with Crippen molar-refractivity contribution in [2.24, 2.45) is 4.99 Å². The van der Waals surface area contributed by atoms with Crippen LogP contribution in [-0.2, 0) is 4.79 Å². The van der Waals surface area contributed by atoms with E-state index >= 15 is 0 Å². The number of thioether (sulfide) groups is 1. The van der Waals surface area contributed by atoms with Crippen molar-refractivity contribution in [1.29, 1.82) is 0 Å². The van der Waals surface area contributed by atoms with Crippen molar-refractivity contribution < 1.29 is 9.59 Å². The fourth-order valence-corrected chi connectivity index (χ4v) is 4.35. The Balaban J connectivity index is 1.65. The van der Waals surface area contributed by atoms with Crippen LogP contribution >= 0.6 is 23.1 Å². The predicted molar refractivity (Wildman–Crippen MR) is 129 cm³/mol. The van der Waals surface area contributed by atoms with Crippen LogP contribution in [0.1, 0.15) is 16.0 Å². The molecule has 164 valence electrons. The van der Waals surface area contributed by atoms with Crippen LogP contribution in [-0.4, -0.2) is 66.1 Å². The number of amides is 3. The molecule has 0 bridgehead atoms. The van der Waals surface area contributed by atoms with E-state index in [1.165, 1.54) is 28.7 Å². The van der Waals surface area contributed by atoms with Crippen LogP contribution in [0, 0.1) is 13.8 Å². The van der Waals surface area contributed by atoms with Gasteiger partial charge in [0.1, 0.15) is 0 Å². The number of urea groups is 1. The van der Waals surface area contributed by atoms with E-state index in [4.69, 9.17) is 0 Å². The molecule has 2 N–H and O–H groups in total. The number of aliphatic imine (C=N–C) groups is 1. The number of rotatable bonds is 6. The van der Waals surface area contributed by atoms with Gasteiger partial charge in [0, 0.05) is 26.3 Å². The molecule has 8 nitrogen and oxygen atoms in total. The Morgan fingerprint density at radius 1 is 1.26 bits per heavy atom. The summed E-state index contributed by atoms with van der Waals surface area (Å²) in [5, 5.41) is 6.62. The summed E-state index contributed by atoms with van der Waals surface area (Å²) >= 11 is 2.60. The second-order valence-electron chi connectivity index (χ2n) is 7.49. The van der Waals surface area contributed by atoms with Crippen molar-refractivity contribution in [3.8, 4) is 0 Å². The second-order valence-corrected chi connectivity index (χ2v) is 9.59. The summed E-state index contributed by atoms with van der Waals surface area (Å²) in [6.45, 7) is 5.41. The molecule has 3 amide bonds. The van der Waals surface area contributed by atoms with Gasteiger partial charge in [0.05, 0.1) is 15.5 Å². The number of thiazole rings is 1. The molecule has 1 aliphatic heterocycles. The van der Waals surface area contributed by atoms with E-state index in [1.54, 1.807) is 24.2 Å². The van der Waals surface area contributed by atoms with E-state index in [2.05, 4.69) is 26.7 Å². The number of likely N-dealkylation sites (N-methyl/N-ethyl adjacent to an activating group) is 2. The summed E-state index contributed by atoms with van der Waals surface area (Å²) in [7, 11) is 5.66. The number of aryl methyl sites for hydroxylation is 2. The molecule has 1 aromatic heterocycles. The molecule has 0 saturated carbocycles. The van der Waals surface area contributed by atoms with E-state index in [1.807, 2.05) is 45.0 Å². The molecule has 0 aliphatic carbocycles. The highest BCUT2D eigenvalue weighted by molar-refractivity contribution is 8.18. The van der Waals surface area contributed by atoms with Crippen molar-refractivity contribution in [3.05, 3.63) is 45.3 Å². The molecule has 0 radical (unpaired) electrons. The third-order valence-corrected chi connectivity index (χ3v) is 6.23. The highest BCUT2D eigenvalue weighted by atomic mass is 32.2. The van der Waals surface area contributed by atoms with Crippen LogP contribution in [0.25, 0.3) is 6.08 Å². The van der Waals surface area contributed by atoms with Gasteiger partial charge in [-0.1, -0.05) is 29.0 Å². The molecule has 1 fully saturated rings. The average molecular weight is 459 g/mol. The number of nitrogens with one attached hydrogen (secondary N) is 2. The van der Waals surface area contributed by atoms with Crippen LogP contribution in [0.5, 0.6) is 0 Å². The first kappa shape index (κ1) is 23.0. The Bertz CT molecular complexity index is 1040. The van der Waals surface area contributed by atoms with Gasteiger partial charge in [0.15, 0.2) is 10.3 Å². The quantitative estimate of drug-likeness (QED) is 0.645. The van der Waals surface area contributed by atoms with E-state index in [-0.39, 0.29) is 11.9 Å². The number of benzene rings is 1. The largest absolute Gasteiger partial charge is 0.326 e. The van der Waals surface area contributed by atoms with Gasteiger partial charge in [-0.25, -0.2) is 14.8 Å². The number of carbonyl (C=O) groups is 2. The van der Waals surface area contributed by atoms with Crippen molar-refractivity contribution in [2.75, 3.05) is 39.5 Å². The first-order valence-electron chi connectivity index (χ1n) is 9.71. The van der Waals surface area contributed by atoms with Crippen LogP contribution in [0.4, 0.5) is 15.6 Å². The molecule has 31 heavy (non-hydrogen) atoms. The number of nitrogens with zero attached hydrogens (tertiary/aromatic N) is 4. The zero-order chi connectivity index (χ0) is 22.5. The summed E-state index contributed by atoms with van der Waals surface area (Å²) in [6.07, 6.45) is 3.40. The molecule has 1 aliphatic rings. The van der Waals surface area contributed by atoms with Crippen molar-refractivity contribution >= 4 is 57.1 Å². The lowest BCUT2D eigenvalue weighted by Gasteiger charge is -2.19. The first-order valence-corrected chi connectivity index (χ1v) is 11.3. The minimum absolute atomic E-state index is 0.198. The molecular formula is C21H26N6O2S2. The monoisotopic (exact) mass is 458 g/mol. The summed E-state index contributed by atoms with van der Waals surface area (Å²) in [5.74, 6) is -0.198. The number of carbonyl (C=O) groups excluding carboxylic acids is 2. The number of amidine groups is 1. The summed E-state index contributed by atoms with van der Waals surface area (Å²) in [4.78, 5) is 38.3. The number of aromatic nitrogens is 1. The maximum absolute atomic E-state index is 12.3. The van der Waals surface area contributed by atoms with Crippen molar-refractivity contribution in [2.45, 2.75) is 13.8 Å². The number of hydrogen-bond acceptors (Lipinski definition) is 7. The van der Waals surface area contributed by atoms with Crippen LogP contribution in [0.15, 0.2) is 34.3 Å². The standard InChI is InChI=1S/C21H26N6O2S2/c1-13-6-7-16(14(2)10-13)23-20-24-18(28)17(31-20)11-15-12-22-19(30-15)25-21(29)27(5)9-8-26(3)4/h6-7,10-12H,8-9H2,1-5H3,(H,22,25,29)(H,23,24,28). The molecule has 0 unspecified atom stereocenters. The summed E-state index contributed by atoms with van der Waals surface area (Å²) in [6, 6.07) is 5.78. The van der Waals surface area contributed by atoms with Gasteiger partial charge in [-0.05, 0) is 57.4 Å². The molecule has 3 rings (SSSR count). The Morgan fingerprint density at radius 2 is 2.03 bits per heavy atom. The van der Waals surface area contributed by atoms with Gasteiger partial charge in [-0.15, -0.1) is 0 Å². The fraction of sp³-hybridized carbons (Fsp3) is 0.333. The molecule has 0 spiro atoms. The maximum atomic E-state index is 12.3. The molecule has 2 heterocycles. The van der Waals surface area contributed by atoms with Crippen molar-refractivity contribution in [1.82, 2.24) is 20.1 Å².